The maximum Gasteiger partial charge on any atom is 0.417 e. The fourth-order valence-corrected chi connectivity index (χ4v) is 1.67. The first kappa shape index (κ1) is 13.6. The average Bonchev–Trinajstić information content (AvgIpc) is 2.76. The molecule has 0 spiro atoms. The Balaban J connectivity index is 2.39. The number of carboxylic acids is 1. The molecule has 1 heterocycles. The molecule has 0 unspecified atom stereocenters. The van der Waals surface area contributed by atoms with Crippen molar-refractivity contribution in [1.82, 2.24) is 4.98 Å². The summed E-state index contributed by atoms with van der Waals surface area (Å²) < 4.78 is 9.31. The second-order valence-corrected chi connectivity index (χ2v) is 4.00. The van der Waals surface area contributed by atoms with Gasteiger partial charge in [-0.05, 0) is 23.8 Å². The Bertz CT molecular complexity index is 752. The molecule has 0 aliphatic heterocycles. The molecule has 104 valence electrons. The van der Waals surface area contributed by atoms with Crippen LogP contribution in [0.4, 0.5) is 0 Å². The maximum absolute atomic E-state index is 11.1. The van der Waals surface area contributed by atoms with Crippen molar-refractivity contribution in [3.63, 3.8) is 0 Å². The molecule has 7 heteroatoms. The number of aliphatic carboxylic acids is 1. The van der Waals surface area contributed by atoms with E-state index >= 15 is 0 Å². The molecule has 0 bridgehead atoms. The van der Waals surface area contributed by atoms with Gasteiger partial charge < -0.3 is 14.3 Å². The first-order valence-corrected chi connectivity index (χ1v) is 5.63. The summed E-state index contributed by atoms with van der Waals surface area (Å²) in [5.41, 5.74) is 1.21. The van der Waals surface area contributed by atoms with Gasteiger partial charge in [0.15, 0.2) is 5.58 Å². The molecule has 0 amide bonds. The fourth-order valence-electron chi connectivity index (χ4n) is 1.67. The van der Waals surface area contributed by atoms with Gasteiger partial charge in [-0.15, -0.1) is 0 Å². The van der Waals surface area contributed by atoms with Gasteiger partial charge in [0.25, 0.3) is 0 Å². The van der Waals surface area contributed by atoms with Crippen molar-refractivity contribution in [3.8, 4) is 0 Å². The number of hydrogen-bond donors (Lipinski definition) is 2. The number of benzene rings is 1. The lowest BCUT2D eigenvalue weighted by atomic mass is 10.1. The monoisotopic (exact) mass is 277 g/mol. The van der Waals surface area contributed by atoms with Crippen LogP contribution in [0, 0.1) is 0 Å². The normalized spacial score (nSPS) is 11.6. The molecule has 0 saturated carbocycles. The summed E-state index contributed by atoms with van der Waals surface area (Å²) in [5, 5.41) is 9.04. The zero-order valence-corrected chi connectivity index (χ0v) is 10.5. The van der Waals surface area contributed by atoms with Gasteiger partial charge in [-0.3, -0.25) is 9.78 Å². The van der Waals surface area contributed by atoms with Crippen LogP contribution < -0.4 is 5.76 Å². The van der Waals surface area contributed by atoms with Gasteiger partial charge in [-0.2, -0.15) is 0 Å². The number of aromatic nitrogens is 1. The van der Waals surface area contributed by atoms with Crippen molar-refractivity contribution in [3.05, 3.63) is 39.9 Å². The molecule has 1 aromatic heterocycles. The number of carbonyl (C=O) groups excluding carboxylic acids is 1. The third-order valence-electron chi connectivity index (χ3n) is 2.62. The van der Waals surface area contributed by atoms with Crippen LogP contribution in [-0.2, 0) is 14.3 Å². The summed E-state index contributed by atoms with van der Waals surface area (Å²) in [7, 11) is 1.18. The molecule has 0 aliphatic carbocycles. The predicted molar refractivity (Wildman–Crippen MR) is 69.1 cm³/mol. The van der Waals surface area contributed by atoms with Gasteiger partial charge in [-0.1, -0.05) is 6.07 Å². The summed E-state index contributed by atoms with van der Waals surface area (Å²) in [6.45, 7) is 0. The molecule has 0 atom stereocenters. The molecule has 0 radical (unpaired) electrons. The van der Waals surface area contributed by atoms with E-state index < -0.39 is 17.7 Å². The van der Waals surface area contributed by atoms with E-state index in [2.05, 4.69) is 9.72 Å². The number of fused-ring (bicyclic) bond motifs is 1. The minimum atomic E-state index is -1.22. The van der Waals surface area contributed by atoms with Crippen molar-refractivity contribution < 1.29 is 23.8 Å². The third kappa shape index (κ3) is 2.94. The summed E-state index contributed by atoms with van der Waals surface area (Å²) in [4.78, 5) is 35.7. The molecule has 0 fully saturated rings. The molecule has 7 nitrogen and oxygen atoms in total. The molecule has 1 aromatic carbocycles. The number of ether oxygens (including phenoxy) is 1. The molecule has 2 aromatic rings. The number of carbonyl (C=O) groups is 2. The Morgan fingerprint density at radius 2 is 2.20 bits per heavy atom. The Morgan fingerprint density at radius 3 is 2.85 bits per heavy atom. The fraction of sp³-hybridized carbons (Fsp3) is 0.154. The highest BCUT2D eigenvalue weighted by molar-refractivity contribution is 5.97. The standard InChI is InChI=1S/C13H11NO6/c1-19-11(15)6-8(12(16)17)4-7-2-3-9-10(5-7)20-13(18)14-9/h2-5H,6H2,1H3,(H,14,18)(H,16,17). The third-order valence-corrected chi connectivity index (χ3v) is 2.62. The molecule has 20 heavy (non-hydrogen) atoms. The van der Waals surface area contributed by atoms with E-state index in [1.807, 2.05) is 0 Å². The summed E-state index contributed by atoms with van der Waals surface area (Å²) in [6, 6.07) is 4.70. The Labute approximate surface area is 112 Å². The largest absolute Gasteiger partial charge is 0.478 e. The molecular formula is C13H11NO6. The van der Waals surface area contributed by atoms with Crippen molar-refractivity contribution >= 4 is 29.1 Å². The van der Waals surface area contributed by atoms with Crippen molar-refractivity contribution in [2.24, 2.45) is 0 Å². The number of methoxy groups -OCH3 is 1. The summed E-state index contributed by atoms with van der Waals surface area (Å²) in [5.74, 6) is -2.45. The number of nitrogens with one attached hydrogen (secondary N) is 1. The van der Waals surface area contributed by atoms with Crippen LogP contribution >= 0.6 is 0 Å². The highest BCUT2D eigenvalue weighted by Crippen LogP contribution is 2.16. The van der Waals surface area contributed by atoms with Crippen LogP contribution in [0.2, 0.25) is 0 Å². The minimum Gasteiger partial charge on any atom is -0.478 e. The van der Waals surface area contributed by atoms with E-state index in [4.69, 9.17) is 9.52 Å². The number of oxazole rings is 1. The topological polar surface area (TPSA) is 110 Å². The smallest absolute Gasteiger partial charge is 0.417 e. The van der Waals surface area contributed by atoms with Crippen molar-refractivity contribution in [2.75, 3.05) is 7.11 Å². The Morgan fingerprint density at radius 1 is 1.45 bits per heavy atom. The zero-order chi connectivity index (χ0) is 14.7. The van der Waals surface area contributed by atoms with Gasteiger partial charge in [-0.25, -0.2) is 9.59 Å². The summed E-state index contributed by atoms with van der Waals surface area (Å²) in [6.07, 6.45) is 0.979. The predicted octanol–water partition coefficient (Wildman–Crippen LogP) is 1.15. The molecule has 2 N–H and O–H groups in total. The lowest BCUT2D eigenvalue weighted by Crippen LogP contribution is -2.08. The maximum atomic E-state index is 11.1. The number of hydrogen-bond acceptors (Lipinski definition) is 5. The molecule has 0 saturated heterocycles. The van der Waals surface area contributed by atoms with E-state index in [-0.39, 0.29) is 12.0 Å². The van der Waals surface area contributed by atoms with Crippen LogP contribution in [0.3, 0.4) is 0 Å². The number of carboxylic acid groups (broad SMARTS) is 1. The number of aromatic amines is 1. The van der Waals surface area contributed by atoms with E-state index in [9.17, 15) is 14.4 Å². The second-order valence-electron chi connectivity index (χ2n) is 4.00. The van der Waals surface area contributed by atoms with E-state index in [1.54, 1.807) is 12.1 Å². The highest BCUT2D eigenvalue weighted by atomic mass is 16.5. The molecule has 2 rings (SSSR count). The lowest BCUT2D eigenvalue weighted by molar-refractivity contribution is -0.142. The van der Waals surface area contributed by atoms with Gasteiger partial charge in [0.05, 0.1) is 19.0 Å². The van der Waals surface area contributed by atoms with E-state index in [1.165, 1.54) is 19.3 Å². The zero-order valence-electron chi connectivity index (χ0n) is 10.5. The quantitative estimate of drug-likeness (QED) is 0.640. The van der Waals surface area contributed by atoms with Crippen LogP contribution in [0.5, 0.6) is 0 Å². The van der Waals surface area contributed by atoms with Gasteiger partial charge in [0.1, 0.15) is 0 Å². The van der Waals surface area contributed by atoms with Crippen molar-refractivity contribution in [2.45, 2.75) is 6.42 Å². The Hall–Kier alpha value is -2.83. The first-order chi connectivity index (χ1) is 9.49. The number of H-pyrrole nitrogens is 1. The number of rotatable bonds is 4. The van der Waals surface area contributed by atoms with Crippen LogP contribution in [0.15, 0.2) is 33.0 Å². The van der Waals surface area contributed by atoms with Gasteiger partial charge in [0, 0.05) is 5.57 Å². The lowest BCUT2D eigenvalue weighted by Gasteiger charge is -2.01. The molecule has 0 aliphatic rings. The van der Waals surface area contributed by atoms with Crippen LogP contribution in [0.25, 0.3) is 17.2 Å². The Kier molecular flexibility index (Phi) is 3.69. The highest BCUT2D eigenvalue weighted by Gasteiger charge is 2.13. The minimum absolute atomic E-state index is 0.117. The van der Waals surface area contributed by atoms with Crippen LogP contribution in [0.1, 0.15) is 12.0 Å². The summed E-state index contributed by atoms with van der Waals surface area (Å²) >= 11 is 0. The van der Waals surface area contributed by atoms with E-state index in [0.717, 1.165) is 0 Å². The average molecular weight is 277 g/mol. The van der Waals surface area contributed by atoms with Crippen LogP contribution in [-0.4, -0.2) is 29.1 Å². The first-order valence-electron chi connectivity index (χ1n) is 5.63. The van der Waals surface area contributed by atoms with Gasteiger partial charge in [0.2, 0.25) is 0 Å². The number of esters is 1. The second kappa shape index (κ2) is 5.43. The van der Waals surface area contributed by atoms with Gasteiger partial charge >= 0.3 is 17.7 Å². The van der Waals surface area contributed by atoms with Crippen molar-refractivity contribution in [1.29, 1.82) is 0 Å². The van der Waals surface area contributed by atoms with E-state index in [0.29, 0.717) is 16.7 Å². The molecular weight excluding hydrogens is 266 g/mol. The SMILES string of the molecule is COC(=O)CC(=Cc1ccc2[nH]c(=O)oc2c1)C(=O)O.